The number of hydrogen-bond acceptors (Lipinski definition) is 5. The van der Waals surface area contributed by atoms with Crippen LogP contribution in [0.1, 0.15) is 12.5 Å². The second-order valence-corrected chi connectivity index (χ2v) is 6.67. The van der Waals surface area contributed by atoms with Crippen molar-refractivity contribution in [2.45, 2.75) is 11.8 Å². The van der Waals surface area contributed by atoms with Gasteiger partial charge in [0, 0.05) is 16.8 Å². The van der Waals surface area contributed by atoms with Gasteiger partial charge in [-0.1, -0.05) is 35.5 Å². The maximum Gasteiger partial charge on any atom is 0.308 e. The number of ether oxygens (including phenoxy) is 2. The number of rotatable bonds is 3. The van der Waals surface area contributed by atoms with E-state index >= 15 is 0 Å². The lowest BCUT2D eigenvalue weighted by molar-refractivity contribution is -0.139. The fourth-order valence-corrected chi connectivity index (χ4v) is 3.64. The van der Waals surface area contributed by atoms with Crippen LogP contribution in [-0.2, 0) is 14.3 Å². The quantitative estimate of drug-likeness (QED) is 0.809. The highest BCUT2D eigenvalue weighted by Crippen LogP contribution is 2.44. The highest BCUT2D eigenvalue weighted by atomic mass is 35.5. The van der Waals surface area contributed by atoms with Crippen molar-refractivity contribution in [2.75, 3.05) is 12.4 Å². The molecule has 0 aliphatic carbocycles. The van der Waals surface area contributed by atoms with Gasteiger partial charge in [-0.05, 0) is 35.9 Å². The number of hydrogen-bond donors (Lipinski definition) is 1. The summed E-state index contributed by atoms with van der Waals surface area (Å²) in [5, 5.41) is 3.30. The summed E-state index contributed by atoms with van der Waals surface area (Å²) in [6.07, 6.45) is 0. The smallest absolute Gasteiger partial charge is 0.308 e. The first-order chi connectivity index (χ1) is 12.0. The van der Waals surface area contributed by atoms with Crippen molar-refractivity contribution in [1.82, 2.24) is 0 Å². The van der Waals surface area contributed by atoms with Crippen molar-refractivity contribution in [3.05, 3.63) is 58.8 Å². The van der Waals surface area contributed by atoms with Gasteiger partial charge in [-0.2, -0.15) is 0 Å². The number of anilines is 1. The van der Waals surface area contributed by atoms with Gasteiger partial charge in [-0.15, -0.1) is 0 Å². The number of fused-ring (bicyclic) bond motifs is 1. The Balaban J connectivity index is 2.14. The summed E-state index contributed by atoms with van der Waals surface area (Å²) < 4.78 is 10.4. The van der Waals surface area contributed by atoms with Gasteiger partial charge in [-0.3, -0.25) is 9.59 Å². The summed E-state index contributed by atoms with van der Waals surface area (Å²) in [4.78, 5) is 25.4. The molecule has 128 valence electrons. The molecule has 0 radical (unpaired) electrons. The van der Waals surface area contributed by atoms with Gasteiger partial charge in [-0.25, -0.2) is 0 Å². The molecule has 0 unspecified atom stereocenters. The van der Waals surface area contributed by atoms with Gasteiger partial charge in [0.15, 0.2) is 0 Å². The third-order valence-corrected chi connectivity index (χ3v) is 4.83. The maximum absolute atomic E-state index is 12.6. The summed E-state index contributed by atoms with van der Waals surface area (Å²) in [7, 11) is 1.57. The predicted octanol–water partition coefficient (Wildman–Crippen LogP) is 4.32. The van der Waals surface area contributed by atoms with Crippen LogP contribution in [0.2, 0.25) is 5.02 Å². The zero-order chi connectivity index (χ0) is 18.0. The minimum atomic E-state index is -0.569. The van der Waals surface area contributed by atoms with Gasteiger partial charge in [0.05, 0.1) is 17.7 Å². The second kappa shape index (κ2) is 7.21. The Morgan fingerprint density at radius 3 is 2.52 bits per heavy atom. The second-order valence-electron chi connectivity index (χ2n) is 5.18. The van der Waals surface area contributed by atoms with Gasteiger partial charge in [0.25, 0.3) is 5.91 Å². The summed E-state index contributed by atoms with van der Waals surface area (Å²) in [6.45, 7) is 1.26. The van der Waals surface area contributed by atoms with Crippen LogP contribution in [0.4, 0.5) is 5.69 Å². The minimum Gasteiger partial charge on any atom is -0.497 e. The molecule has 0 saturated heterocycles. The number of carbonyl (C=O) groups is 2. The van der Waals surface area contributed by atoms with Gasteiger partial charge < -0.3 is 14.8 Å². The zero-order valence-electron chi connectivity index (χ0n) is 13.5. The number of esters is 1. The average Bonchev–Trinajstić information content (AvgIpc) is 2.72. The summed E-state index contributed by atoms with van der Waals surface area (Å²) >= 11 is 7.38. The molecule has 0 aromatic heterocycles. The number of benzene rings is 2. The molecule has 5 nitrogen and oxygen atoms in total. The number of halogens is 1. The Morgan fingerprint density at radius 1 is 1.16 bits per heavy atom. The molecule has 0 bridgehead atoms. The van der Waals surface area contributed by atoms with Gasteiger partial charge in [0.2, 0.25) is 5.76 Å². The van der Waals surface area contributed by atoms with E-state index in [4.69, 9.17) is 21.1 Å². The monoisotopic (exact) mass is 375 g/mol. The van der Waals surface area contributed by atoms with Crippen LogP contribution in [0.15, 0.2) is 53.1 Å². The fourth-order valence-electron chi connectivity index (χ4n) is 2.29. The van der Waals surface area contributed by atoms with Crippen LogP contribution in [-0.4, -0.2) is 19.0 Å². The molecular formula is C18H14ClNO4S. The number of methoxy groups -OCH3 is 1. The molecule has 0 spiro atoms. The van der Waals surface area contributed by atoms with E-state index in [0.29, 0.717) is 21.4 Å². The molecule has 1 amide bonds. The first-order valence-electron chi connectivity index (χ1n) is 7.34. The van der Waals surface area contributed by atoms with Crippen LogP contribution in [0.25, 0.3) is 4.91 Å². The van der Waals surface area contributed by atoms with E-state index in [2.05, 4.69) is 5.32 Å². The van der Waals surface area contributed by atoms with E-state index in [1.54, 1.807) is 49.6 Å². The lowest BCUT2D eigenvalue weighted by Gasteiger charge is -2.11. The summed E-state index contributed by atoms with van der Waals surface area (Å²) in [5.41, 5.74) is 1.33. The fraction of sp³-hybridized carbons (Fsp3) is 0.111. The minimum absolute atomic E-state index is 0.0463. The Bertz CT molecular complexity index is 877. The molecule has 0 atom stereocenters. The lowest BCUT2D eigenvalue weighted by Crippen LogP contribution is -2.18. The topological polar surface area (TPSA) is 64.6 Å². The van der Waals surface area contributed by atoms with E-state index in [0.717, 1.165) is 10.5 Å². The SMILES string of the molecule is COc1ccc(C2=C(OC(C)=O)C(=O)Nc3ccc(Cl)cc3S2)cc1. The molecule has 0 fully saturated rings. The summed E-state index contributed by atoms with van der Waals surface area (Å²) in [5.74, 6) is -0.421. The van der Waals surface area contributed by atoms with Crippen molar-refractivity contribution in [1.29, 1.82) is 0 Å². The zero-order valence-corrected chi connectivity index (χ0v) is 15.0. The number of amides is 1. The van der Waals surface area contributed by atoms with E-state index in [-0.39, 0.29) is 5.76 Å². The van der Waals surface area contributed by atoms with Crippen molar-refractivity contribution in [3.8, 4) is 5.75 Å². The van der Waals surface area contributed by atoms with Gasteiger partial charge >= 0.3 is 5.97 Å². The van der Waals surface area contributed by atoms with E-state index < -0.39 is 11.9 Å². The normalized spacial score (nSPS) is 13.6. The number of thioether (sulfide) groups is 1. The molecule has 2 aromatic rings. The average molecular weight is 376 g/mol. The Labute approximate surface area is 154 Å². The molecule has 2 aromatic carbocycles. The number of nitrogens with one attached hydrogen (secondary N) is 1. The highest BCUT2D eigenvalue weighted by Gasteiger charge is 2.27. The van der Waals surface area contributed by atoms with Crippen LogP contribution in [0.3, 0.4) is 0 Å². The van der Waals surface area contributed by atoms with Crippen LogP contribution in [0.5, 0.6) is 5.75 Å². The summed E-state index contributed by atoms with van der Waals surface area (Å²) in [6, 6.07) is 12.3. The largest absolute Gasteiger partial charge is 0.497 e. The van der Waals surface area contributed by atoms with Crippen molar-refractivity contribution >= 4 is 45.8 Å². The molecule has 0 saturated carbocycles. The van der Waals surface area contributed by atoms with Crippen molar-refractivity contribution < 1.29 is 19.1 Å². The van der Waals surface area contributed by atoms with E-state index in [1.165, 1.54) is 18.7 Å². The van der Waals surface area contributed by atoms with Crippen molar-refractivity contribution in [2.24, 2.45) is 0 Å². The molecule has 1 N–H and O–H groups in total. The molecule has 1 aliphatic rings. The Morgan fingerprint density at radius 2 is 1.88 bits per heavy atom. The standard InChI is InChI=1S/C18H14ClNO4S/c1-10(21)24-16-17(11-3-6-13(23-2)7-4-11)25-15-9-12(19)5-8-14(15)20-18(16)22/h3-9H,1-2H3,(H,20,22). The lowest BCUT2D eigenvalue weighted by atomic mass is 10.2. The Kier molecular flexibility index (Phi) is 5.01. The molecule has 1 aliphatic heterocycles. The van der Waals surface area contributed by atoms with Crippen LogP contribution >= 0.6 is 23.4 Å². The Hall–Kier alpha value is -2.44. The van der Waals surface area contributed by atoms with Crippen LogP contribution < -0.4 is 10.1 Å². The third kappa shape index (κ3) is 3.81. The molecule has 25 heavy (non-hydrogen) atoms. The van der Waals surface area contributed by atoms with Crippen LogP contribution in [0, 0.1) is 0 Å². The predicted molar refractivity (Wildman–Crippen MR) is 97.6 cm³/mol. The third-order valence-electron chi connectivity index (χ3n) is 3.41. The molecule has 1 heterocycles. The van der Waals surface area contributed by atoms with Gasteiger partial charge in [0.1, 0.15) is 5.75 Å². The molecule has 3 rings (SSSR count). The molecule has 7 heteroatoms. The highest BCUT2D eigenvalue weighted by molar-refractivity contribution is 8.08. The maximum atomic E-state index is 12.6. The first kappa shape index (κ1) is 17.4. The van der Waals surface area contributed by atoms with E-state index in [1.807, 2.05) is 0 Å². The van der Waals surface area contributed by atoms with Crippen molar-refractivity contribution in [3.63, 3.8) is 0 Å². The molecular weight excluding hydrogens is 362 g/mol. The number of carbonyl (C=O) groups excluding carboxylic acids is 2. The van der Waals surface area contributed by atoms with E-state index in [9.17, 15) is 9.59 Å². The first-order valence-corrected chi connectivity index (χ1v) is 8.53.